The van der Waals surface area contributed by atoms with Crippen LogP contribution in [-0.4, -0.2) is 42.4 Å². The molecule has 16 heavy (non-hydrogen) atoms. The van der Waals surface area contributed by atoms with Crippen LogP contribution in [0.2, 0.25) is 0 Å². The molecule has 2 atom stereocenters. The molecule has 1 saturated heterocycles. The van der Waals surface area contributed by atoms with Crippen molar-refractivity contribution in [1.82, 2.24) is 10.6 Å². The Balaban J connectivity index is 2.21. The number of aliphatic carboxylic acids is 1. The van der Waals surface area contributed by atoms with Gasteiger partial charge >= 0.3 is 12.0 Å². The molecule has 1 aliphatic rings. The fraction of sp³-hybridized carbons (Fsp3) is 0.800. The van der Waals surface area contributed by atoms with Crippen LogP contribution in [0.5, 0.6) is 0 Å². The van der Waals surface area contributed by atoms with Crippen molar-refractivity contribution < 1.29 is 19.4 Å². The maximum Gasteiger partial charge on any atom is 0.326 e. The summed E-state index contributed by atoms with van der Waals surface area (Å²) in [5.74, 6) is -1.02. The van der Waals surface area contributed by atoms with E-state index >= 15 is 0 Å². The zero-order valence-electron chi connectivity index (χ0n) is 9.36. The maximum absolute atomic E-state index is 11.3. The molecule has 0 spiro atoms. The lowest BCUT2D eigenvalue weighted by Gasteiger charge is -2.15. The third-order valence-corrected chi connectivity index (χ3v) is 2.53. The quantitative estimate of drug-likeness (QED) is 0.635. The summed E-state index contributed by atoms with van der Waals surface area (Å²) in [6, 6.07) is -1.28. The Bertz CT molecular complexity index is 251. The van der Waals surface area contributed by atoms with E-state index in [1.807, 2.05) is 0 Å². The molecule has 0 bridgehead atoms. The van der Waals surface area contributed by atoms with Gasteiger partial charge in [0.05, 0.1) is 6.10 Å². The number of urea groups is 1. The predicted octanol–water partition coefficient (Wildman–Crippen LogP) is 0.328. The second-order valence-electron chi connectivity index (χ2n) is 3.79. The van der Waals surface area contributed by atoms with E-state index in [1.165, 1.54) is 0 Å². The van der Waals surface area contributed by atoms with Gasteiger partial charge in [-0.1, -0.05) is 6.92 Å². The molecule has 1 heterocycles. The topological polar surface area (TPSA) is 87.7 Å². The van der Waals surface area contributed by atoms with Crippen molar-refractivity contribution in [3.8, 4) is 0 Å². The number of carbonyl (C=O) groups is 2. The second kappa shape index (κ2) is 6.32. The molecule has 0 aromatic rings. The first kappa shape index (κ1) is 12.8. The van der Waals surface area contributed by atoms with Crippen molar-refractivity contribution >= 4 is 12.0 Å². The molecule has 2 amide bonds. The summed E-state index contributed by atoms with van der Waals surface area (Å²) >= 11 is 0. The van der Waals surface area contributed by atoms with Crippen LogP contribution >= 0.6 is 0 Å². The van der Waals surface area contributed by atoms with Crippen molar-refractivity contribution in [3.05, 3.63) is 0 Å². The number of ether oxygens (including phenoxy) is 1. The molecular formula is C10H18N2O4. The summed E-state index contributed by atoms with van der Waals surface area (Å²) in [5.41, 5.74) is 0. The van der Waals surface area contributed by atoms with Gasteiger partial charge in [0.1, 0.15) is 6.04 Å². The normalized spacial score (nSPS) is 21.4. The van der Waals surface area contributed by atoms with E-state index in [1.54, 1.807) is 6.92 Å². The molecule has 2 unspecified atom stereocenters. The molecule has 3 N–H and O–H groups in total. The number of amides is 2. The third-order valence-electron chi connectivity index (χ3n) is 2.53. The monoisotopic (exact) mass is 230 g/mol. The van der Waals surface area contributed by atoms with E-state index in [2.05, 4.69) is 10.6 Å². The summed E-state index contributed by atoms with van der Waals surface area (Å²) in [5, 5.41) is 13.7. The van der Waals surface area contributed by atoms with Crippen molar-refractivity contribution in [2.24, 2.45) is 0 Å². The predicted molar refractivity (Wildman–Crippen MR) is 57.2 cm³/mol. The Kier molecular flexibility index (Phi) is 5.04. The zero-order valence-corrected chi connectivity index (χ0v) is 9.36. The average Bonchev–Trinajstić information content (AvgIpc) is 2.75. The Morgan fingerprint density at radius 3 is 2.81 bits per heavy atom. The van der Waals surface area contributed by atoms with Crippen molar-refractivity contribution in [3.63, 3.8) is 0 Å². The molecule has 0 aromatic carbocycles. The number of nitrogens with one attached hydrogen (secondary N) is 2. The number of carbonyl (C=O) groups excluding carboxylic acids is 1. The van der Waals surface area contributed by atoms with Gasteiger partial charge in [-0.2, -0.15) is 0 Å². The van der Waals surface area contributed by atoms with E-state index < -0.39 is 18.0 Å². The molecule has 6 heteroatoms. The highest BCUT2D eigenvalue weighted by Crippen LogP contribution is 2.10. The van der Waals surface area contributed by atoms with Crippen LogP contribution in [0.1, 0.15) is 26.2 Å². The van der Waals surface area contributed by atoms with Crippen LogP contribution in [-0.2, 0) is 9.53 Å². The van der Waals surface area contributed by atoms with Crippen molar-refractivity contribution in [2.75, 3.05) is 13.2 Å². The number of carboxylic acids is 1. The molecule has 0 aromatic heterocycles. The molecule has 1 fully saturated rings. The van der Waals surface area contributed by atoms with Gasteiger partial charge in [0.15, 0.2) is 0 Å². The number of hydrogen-bond acceptors (Lipinski definition) is 3. The van der Waals surface area contributed by atoms with Crippen LogP contribution in [0, 0.1) is 0 Å². The highest BCUT2D eigenvalue weighted by atomic mass is 16.5. The first-order valence-electron chi connectivity index (χ1n) is 5.52. The molecule has 1 aliphatic heterocycles. The SMILES string of the molecule is CCC(NC(=O)NCC1CCCO1)C(=O)O. The largest absolute Gasteiger partial charge is 0.480 e. The second-order valence-corrected chi connectivity index (χ2v) is 3.79. The first-order valence-corrected chi connectivity index (χ1v) is 5.52. The highest BCUT2D eigenvalue weighted by Gasteiger charge is 2.19. The van der Waals surface area contributed by atoms with Crippen LogP contribution in [0.4, 0.5) is 4.79 Å². The van der Waals surface area contributed by atoms with E-state index in [4.69, 9.17) is 9.84 Å². The van der Waals surface area contributed by atoms with E-state index in [0.29, 0.717) is 13.0 Å². The van der Waals surface area contributed by atoms with Gasteiger partial charge in [0.2, 0.25) is 0 Å². The summed E-state index contributed by atoms with van der Waals surface area (Å²) in [6.07, 6.45) is 2.38. The first-order chi connectivity index (χ1) is 7.63. The lowest BCUT2D eigenvalue weighted by Crippen LogP contribution is -2.47. The number of hydrogen-bond donors (Lipinski definition) is 3. The third kappa shape index (κ3) is 4.06. The van der Waals surface area contributed by atoms with Crippen molar-refractivity contribution in [1.29, 1.82) is 0 Å². The smallest absolute Gasteiger partial charge is 0.326 e. The van der Waals surface area contributed by atoms with Crippen LogP contribution in [0.3, 0.4) is 0 Å². The number of carboxylic acid groups (broad SMARTS) is 1. The lowest BCUT2D eigenvalue weighted by atomic mass is 10.2. The Hall–Kier alpha value is -1.30. The lowest BCUT2D eigenvalue weighted by molar-refractivity contribution is -0.139. The standard InChI is InChI=1S/C10H18N2O4/c1-2-8(9(13)14)12-10(15)11-6-7-4-3-5-16-7/h7-8H,2-6H2,1H3,(H,13,14)(H2,11,12,15). The van der Waals surface area contributed by atoms with E-state index in [0.717, 1.165) is 19.4 Å². The molecule has 0 saturated carbocycles. The minimum absolute atomic E-state index is 0.0654. The summed E-state index contributed by atoms with van der Waals surface area (Å²) in [6.45, 7) is 2.88. The van der Waals surface area contributed by atoms with Gasteiger partial charge in [0, 0.05) is 13.2 Å². The Labute approximate surface area is 94.3 Å². The minimum Gasteiger partial charge on any atom is -0.480 e. The summed E-state index contributed by atoms with van der Waals surface area (Å²) < 4.78 is 5.32. The average molecular weight is 230 g/mol. The summed E-state index contributed by atoms with van der Waals surface area (Å²) in [4.78, 5) is 22.0. The molecule has 1 rings (SSSR count). The van der Waals surface area contributed by atoms with Crippen molar-refractivity contribution in [2.45, 2.75) is 38.3 Å². The Morgan fingerprint density at radius 2 is 2.31 bits per heavy atom. The van der Waals surface area contributed by atoms with E-state index in [-0.39, 0.29) is 6.10 Å². The fourth-order valence-electron chi connectivity index (χ4n) is 1.56. The van der Waals surface area contributed by atoms with Crippen LogP contribution < -0.4 is 10.6 Å². The molecule has 0 radical (unpaired) electrons. The fourth-order valence-corrected chi connectivity index (χ4v) is 1.56. The van der Waals surface area contributed by atoms with Gasteiger partial charge in [-0.3, -0.25) is 0 Å². The van der Waals surface area contributed by atoms with Crippen LogP contribution in [0.15, 0.2) is 0 Å². The van der Waals surface area contributed by atoms with Gasteiger partial charge < -0.3 is 20.5 Å². The summed E-state index contributed by atoms with van der Waals surface area (Å²) in [7, 11) is 0. The van der Waals surface area contributed by atoms with Crippen LogP contribution in [0.25, 0.3) is 0 Å². The Morgan fingerprint density at radius 1 is 1.56 bits per heavy atom. The molecule has 6 nitrogen and oxygen atoms in total. The zero-order chi connectivity index (χ0) is 12.0. The van der Waals surface area contributed by atoms with Gasteiger partial charge in [0.25, 0.3) is 0 Å². The molecule has 0 aliphatic carbocycles. The molecule has 92 valence electrons. The van der Waals surface area contributed by atoms with Gasteiger partial charge in [-0.05, 0) is 19.3 Å². The molecular weight excluding hydrogens is 212 g/mol. The highest BCUT2D eigenvalue weighted by molar-refractivity contribution is 5.82. The van der Waals surface area contributed by atoms with E-state index in [9.17, 15) is 9.59 Å². The maximum atomic E-state index is 11.3. The van der Waals surface area contributed by atoms with Gasteiger partial charge in [-0.25, -0.2) is 9.59 Å². The minimum atomic E-state index is -1.02. The van der Waals surface area contributed by atoms with Gasteiger partial charge in [-0.15, -0.1) is 0 Å². The number of rotatable bonds is 5.